The Morgan fingerprint density at radius 2 is 2.10 bits per heavy atom. The molecule has 1 amide bonds. The van der Waals surface area contributed by atoms with Crippen LogP contribution in [0.4, 0.5) is 10.2 Å². The van der Waals surface area contributed by atoms with Crippen molar-refractivity contribution >= 4 is 11.7 Å². The van der Waals surface area contributed by atoms with Crippen LogP contribution < -0.4 is 10.8 Å². The Morgan fingerprint density at radius 1 is 1.43 bits per heavy atom. The Balaban J connectivity index is 2.15. The molecule has 1 atom stereocenters. The highest BCUT2D eigenvalue weighted by molar-refractivity contribution is 5.92. The summed E-state index contributed by atoms with van der Waals surface area (Å²) in [7, 11) is 0. The summed E-state index contributed by atoms with van der Waals surface area (Å²) in [5.74, 6) is -1.80. The van der Waals surface area contributed by atoms with Gasteiger partial charge in [-0.05, 0) is 25.0 Å². The summed E-state index contributed by atoms with van der Waals surface area (Å²) in [4.78, 5) is 14.7. The third-order valence-corrected chi connectivity index (χ3v) is 3.11. The molecule has 2 aromatic rings. The van der Waals surface area contributed by atoms with Gasteiger partial charge in [0.15, 0.2) is 11.6 Å². The van der Waals surface area contributed by atoms with E-state index in [1.807, 2.05) is 30.3 Å². The number of hydroxylamine groups is 1. The van der Waals surface area contributed by atoms with E-state index in [1.165, 1.54) is 0 Å². The van der Waals surface area contributed by atoms with Crippen LogP contribution in [0.5, 0.6) is 0 Å². The predicted molar refractivity (Wildman–Crippen MR) is 76.6 cm³/mol. The number of primary amides is 1. The highest BCUT2D eigenvalue weighted by Gasteiger charge is 2.19. The molecule has 1 unspecified atom stereocenters. The molecule has 0 saturated heterocycles. The van der Waals surface area contributed by atoms with E-state index in [4.69, 9.17) is 5.73 Å². The second-order valence-electron chi connectivity index (χ2n) is 4.78. The van der Waals surface area contributed by atoms with Crippen molar-refractivity contribution in [1.82, 2.24) is 4.98 Å². The Bertz CT molecular complexity index is 634. The van der Waals surface area contributed by atoms with Gasteiger partial charge < -0.3 is 5.73 Å². The molecule has 0 aliphatic rings. The molecule has 6 heteroatoms. The molecule has 3 N–H and O–H groups in total. The second kappa shape index (κ2) is 6.32. The van der Waals surface area contributed by atoms with Crippen molar-refractivity contribution in [1.29, 1.82) is 0 Å². The first-order chi connectivity index (χ1) is 9.99. The third-order valence-electron chi connectivity index (χ3n) is 3.11. The van der Waals surface area contributed by atoms with Gasteiger partial charge in [0.1, 0.15) is 0 Å². The van der Waals surface area contributed by atoms with E-state index in [9.17, 15) is 14.4 Å². The van der Waals surface area contributed by atoms with Gasteiger partial charge in [0.2, 0.25) is 5.91 Å². The monoisotopic (exact) mass is 289 g/mol. The molecule has 0 saturated carbocycles. The molecule has 2 rings (SSSR count). The number of hydrogen-bond acceptors (Lipinski definition) is 4. The molecule has 0 radical (unpaired) electrons. The number of nitrogens with two attached hydrogens (primary N) is 1. The van der Waals surface area contributed by atoms with Gasteiger partial charge in [-0.25, -0.2) is 14.4 Å². The second-order valence-corrected chi connectivity index (χ2v) is 4.78. The summed E-state index contributed by atoms with van der Waals surface area (Å²) < 4.78 is 13.9. The lowest BCUT2D eigenvalue weighted by Gasteiger charge is -2.24. The maximum absolute atomic E-state index is 13.9. The van der Waals surface area contributed by atoms with Crippen LogP contribution in [0.1, 0.15) is 22.8 Å². The van der Waals surface area contributed by atoms with Crippen LogP contribution in [0.3, 0.4) is 0 Å². The molecule has 0 spiro atoms. The van der Waals surface area contributed by atoms with E-state index >= 15 is 0 Å². The molecular weight excluding hydrogens is 273 g/mol. The molecule has 1 aromatic carbocycles. The molecule has 5 nitrogen and oxygen atoms in total. The number of pyridine rings is 1. The van der Waals surface area contributed by atoms with E-state index in [-0.39, 0.29) is 17.4 Å². The van der Waals surface area contributed by atoms with Crippen molar-refractivity contribution in [2.75, 3.05) is 5.06 Å². The lowest BCUT2D eigenvalue weighted by molar-refractivity contribution is 0.0999. The molecule has 1 aromatic heterocycles. The Morgan fingerprint density at radius 3 is 2.67 bits per heavy atom. The van der Waals surface area contributed by atoms with E-state index < -0.39 is 11.7 Å². The van der Waals surface area contributed by atoms with Crippen LogP contribution in [0, 0.1) is 5.82 Å². The maximum atomic E-state index is 13.9. The fourth-order valence-corrected chi connectivity index (χ4v) is 1.98. The van der Waals surface area contributed by atoms with Gasteiger partial charge in [-0.1, -0.05) is 30.3 Å². The van der Waals surface area contributed by atoms with Crippen LogP contribution in [0.2, 0.25) is 0 Å². The minimum absolute atomic E-state index is 0.0413. The summed E-state index contributed by atoms with van der Waals surface area (Å²) in [5, 5.41) is 10.8. The first-order valence-corrected chi connectivity index (χ1v) is 6.46. The van der Waals surface area contributed by atoms with Crippen molar-refractivity contribution in [2.45, 2.75) is 19.4 Å². The number of anilines is 1. The van der Waals surface area contributed by atoms with E-state index in [0.29, 0.717) is 6.42 Å². The average molecular weight is 289 g/mol. The molecule has 1 heterocycles. The van der Waals surface area contributed by atoms with Gasteiger partial charge in [-0.2, -0.15) is 0 Å². The van der Waals surface area contributed by atoms with Gasteiger partial charge in [0.05, 0.1) is 11.6 Å². The molecule has 0 bridgehead atoms. The molecule has 110 valence electrons. The minimum atomic E-state index is -0.797. The summed E-state index contributed by atoms with van der Waals surface area (Å²) in [6.07, 6.45) is 1.66. The Kier molecular flexibility index (Phi) is 4.49. The van der Waals surface area contributed by atoms with Gasteiger partial charge in [-0.15, -0.1) is 0 Å². The minimum Gasteiger partial charge on any atom is -0.366 e. The highest BCUT2D eigenvalue weighted by atomic mass is 19.1. The fourth-order valence-electron chi connectivity index (χ4n) is 1.98. The zero-order chi connectivity index (χ0) is 15.4. The molecule has 0 aliphatic carbocycles. The number of amides is 1. The van der Waals surface area contributed by atoms with Gasteiger partial charge in [0, 0.05) is 6.20 Å². The van der Waals surface area contributed by atoms with Crippen molar-refractivity contribution in [2.24, 2.45) is 5.73 Å². The lowest BCUT2D eigenvalue weighted by Crippen LogP contribution is -2.33. The number of carbonyl (C=O) groups is 1. The molecule has 0 aliphatic heterocycles. The van der Waals surface area contributed by atoms with Gasteiger partial charge in [-0.3, -0.25) is 10.0 Å². The standard InChI is InChI=1S/C15H16FN3O2/c1-10(7-11-5-3-2-4-6-11)19(21)15-13(16)8-12(9-18-15)14(17)20/h2-6,8-10,21H,7H2,1H3,(H2,17,20). The summed E-state index contributed by atoms with van der Waals surface area (Å²) in [6.45, 7) is 1.75. The molecular formula is C15H16FN3O2. The van der Waals surface area contributed by atoms with E-state index in [2.05, 4.69) is 4.98 Å². The van der Waals surface area contributed by atoms with Gasteiger partial charge in [0.25, 0.3) is 0 Å². The summed E-state index contributed by atoms with van der Waals surface area (Å²) in [6, 6.07) is 10.1. The van der Waals surface area contributed by atoms with Crippen molar-refractivity contribution in [3.63, 3.8) is 0 Å². The zero-order valence-electron chi connectivity index (χ0n) is 11.5. The number of benzene rings is 1. The van der Waals surface area contributed by atoms with Crippen LogP contribution in [-0.2, 0) is 6.42 Å². The predicted octanol–water partition coefficient (Wildman–Crippen LogP) is 2.15. The number of hydrogen-bond donors (Lipinski definition) is 2. The Labute approximate surface area is 121 Å². The quantitative estimate of drug-likeness (QED) is 0.827. The highest BCUT2D eigenvalue weighted by Crippen LogP contribution is 2.19. The van der Waals surface area contributed by atoms with Crippen LogP contribution in [0.25, 0.3) is 0 Å². The van der Waals surface area contributed by atoms with E-state index in [1.54, 1.807) is 6.92 Å². The first-order valence-electron chi connectivity index (χ1n) is 6.46. The maximum Gasteiger partial charge on any atom is 0.250 e. The lowest BCUT2D eigenvalue weighted by atomic mass is 10.1. The summed E-state index contributed by atoms with van der Waals surface area (Å²) >= 11 is 0. The normalized spacial score (nSPS) is 12.0. The third kappa shape index (κ3) is 3.55. The smallest absolute Gasteiger partial charge is 0.250 e. The first kappa shape index (κ1) is 14.9. The largest absolute Gasteiger partial charge is 0.366 e. The van der Waals surface area contributed by atoms with Crippen molar-refractivity contribution in [3.8, 4) is 0 Å². The van der Waals surface area contributed by atoms with E-state index in [0.717, 1.165) is 22.9 Å². The number of aromatic nitrogens is 1. The number of rotatable bonds is 5. The Hall–Kier alpha value is -2.47. The summed E-state index contributed by atoms with van der Waals surface area (Å²) in [5.41, 5.74) is 6.02. The fraction of sp³-hybridized carbons (Fsp3) is 0.200. The topological polar surface area (TPSA) is 79.4 Å². The molecule has 0 fully saturated rings. The number of nitrogens with zero attached hydrogens (tertiary/aromatic N) is 2. The van der Waals surface area contributed by atoms with Gasteiger partial charge >= 0.3 is 0 Å². The van der Waals surface area contributed by atoms with Crippen LogP contribution in [-0.4, -0.2) is 22.1 Å². The SMILES string of the molecule is CC(Cc1ccccc1)N(O)c1ncc(C(N)=O)cc1F. The number of halogens is 1. The van der Waals surface area contributed by atoms with Crippen molar-refractivity contribution in [3.05, 3.63) is 59.5 Å². The average Bonchev–Trinajstić information content (AvgIpc) is 2.47. The zero-order valence-corrected chi connectivity index (χ0v) is 11.5. The van der Waals surface area contributed by atoms with Crippen LogP contribution in [0.15, 0.2) is 42.6 Å². The molecule has 21 heavy (non-hydrogen) atoms. The van der Waals surface area contributed by atoms with Crippen LogP contribution >= 0.6 is 0 Å². The van der Waals surface area contributed by atoms with Crippen molar-refractivity contribution < 1.29 is 14.4 Å². The number of carbonyl (C=O) groups excluding carboxylic acids is 1.